The highest BCUT2D eigenvalue weighted by molar-refractivity contribution is 7.90. The van der Waals surface area contributed by atoms with Gasteiger partial charge in [0.05, 0.1) is 17.3 Å². The average molecular weight is 400 g/mol. The van der Waals surface area contributed by atoms with Gasteiger partial charge in [0.15, 0.2) is 9.84 Å². The van der Waals surface area contributed by atoms with Gasteiger partial charge in [-0.2, -0.15) is 0 Å². The minimum Gasteiger partial charge on any atom is -0.493 e. The number of rotatable bonds is 9. The Kier molecular flexibility index (Phi) is 5.79. The number of nitrogens with two attached hydrogens (primary N) is 1. The van der Waals surface area contributed by atoms with Crippen molar-refractivity contribution < 1.29 is 13.2 Å². The Morgan fingerprint density at radius 2 is 1.61 bits per heavy atom. The first-order valence-corrected chi connectivity index (χ1v) is 10.4. The lowest BCUT2D eigenvalue weighted by atomic mass is 10.2. The first-order valence-electron chi connectivity index (χ1n) is 8.71. The van der Waals surface area contributed by atoms with Crippen LogP contribution in [0.25, 0.3) is 0 Å². The van der Waals surface area contributed by atoms with Crippen molar-refractivity contribution in [2.45, 2.75) is 17.1 Å². The highest BCUT2D eigenvalue weighted by Crippen LogP contribution is 2.24. The van der Waals surface area contributed by atoms with Crippen molar-refractivity contribution in [1.29, 1.82) is 0 Å². The lowest BCUT2D eigenvalue weighted by Gasteiger charge is -2.13. The van der Waals surface area contributed by atoms with Gasteiger partial charge in [0.25, 0.3) is 10.9 Å². The molecule has 0 radical (unpaired) electrons. The van der Waals surface area contributed by atoms with Gasteiger partial charge in [0.1, 0.15) is 17.1 Å². The molecule has 3 aromatic carbocycles. The van der Waals surface area contributed by atoms with Crippen LogP contribution in [0, 0.1) is 0 Å². The van der Waals surface area contributed by atoms with Gasteiger partial charge in [-0.3, -0.25) is 9.59 Å². The molecule has 3 N–H and O–H groups in total. The molecule has 0 heterocycles. The van der Waals surface area contributed by atoms with Crippen LogP contribution in [0.3, 0.4) is 0 Å². The number of anilines is 2. The monoisotopic (exact) mass is 400 g/mol. The van der Waals surface area contributed by atoms with E-state index in [-0.39, 0.29) is 22.0 Å². The molecular weight excluding hydrogens is 380 g/mol. The van der Waals surface area contributed by atoms with Gasteiger partial charge in [-0.15, -0.1) is 0 Å². The SMILES string of the molecule is Nc1c(NCCCOc2ccccc2CS(=O)(=O)c2ccccc2)c(=O)c1=O. The number of hydrogen-bond donors (Lipinski definition) is 2. The van der Waals surface area contributed by atoms with Crippen LogP contribution in [0.5, 0.6) is 5.75 Å². The van der Waals surface area contributed by atoms with Crippen LogP contribution in [0.4, 0.5) is 11.4 Å². The second-order valence-electron chi connectivity index (χ2n) is 6.26. The van der Waals surface area contributed by atoms with Gasteiger partial charge in [0.2, 0.25) is 0 Å². The molecule has 0 aliphatic carbocycles. The van der Waals surface area contributed by atoms with Gasteiger partial charge in [-0.05, 0) is 24.6 Å². The van der Waals surface area contributed by atoms with Crippen molar-refractivity contribution in [1.82, 2.24) is 0 Å². The zero-order valence-electron chi connectivity index (χ0n) is 15.1. The largest absolute Gasteiger partial charge is 0.493 e. The van der Waals surface area contributed by atoms with Crippen LogP contribution in [0.2, 0.25) is 0 Å². The van der Waals surface area contributed by atoms with Crippen LogP contribution < -0.4 is 26.6 Å². The molecule has 0 amide bonds. The molecule has 8 heteroatoms. The van der Waals surface area contributed by atoms with E-state index in [0.29, 0.717) is 30.9 Å². The van der Waals surface area contributed by atoms with Crippen molar-refractivity contribution in [3.05, 3.63) is 80.6 Å². The molecule has 0 aliphatic heterocycles. The van der Waals surface area contributed by atoms with Gasteiger partial charge in [0, 0.05) is 12.1 Å². The molecule has 3 rings (SSSR count). The molecule has 0 aliphatic rings. The molecule has 7 nitrogen and oxygen atoms in total. The summed E-state index contributed by atoms with van der Waals surface area (Å²) in [5, 5.41) is 2.82. The molecule has 3 aromatic rings. The second kappa shape index (κ2) is 8.26. The molecule has 0 bridgehead atoms. The van der Waals surface area contributed by atoms with Crippen molar-refractivity contribution in [2.24, 2.45) is 0 Å². The third kappa shape index (κ3) is 4.23. The fourth-order valence-corrected chi connectivity index (χ4v) is 4.12. The summed E-state index contributed by atoms with van der Waals surface area (Å²) in [7, 11) is -3.48. The topological polar surface area (TPSA) is 116 Å². The second-order valence-corrected chi connectivity index (χ2v) is 8.25. The third-order valence-electron chi connectivity index (χ3n) is 4.25. The lowest BCUT2D eigenvalue weighted by Crippen LogP contribution is -2.37. The van der Waals surface area contributed by atoms with Crippen molar-refractivity contribution in [3.63, 3.8) is 0 Å². The Bertz CT molecular complexity index is 1130. The minimum atomic E-state index is -3.48. The number of nitrogen functional groups attached to an aromatic ring is 1. The molecular formula is C20H20N2O5S. The first kappa shape index (κ1) is 19.6. The van der Waals surface area contributed by atoms with Gasteiger partial charge >= 0.3 is 0 Å². The Morgan fingerprint density at radius 1 is 0.929 bits per heavy atom. The summed E-state index contributed by atoms with van der Waals surface area (Å²) in [6, 6.07) is 15.2. The predicted molar refractivity (Wildman–Crippen MR) is 108 cm³/mol. The fourth-order valence-electron chi connectivity index (χ4n) is 2.73. The Morgan fingerprint density at radius 3 is 2.32 bits per heavy atom. The summed E-state index contributed by atoms with van der Waals surface area (Å²) in [4.78, 5) is 22.6. The summed E-state index contributed by atoms with van der Waals surface area (Å²) < 4.78 is 30.9. The number of nitrogens with one attached hydrogen (secondary N) is 1. The van der Waals surface area contributed by atoms with E-state index >= 15 is 0 Å². The van der Waals surface area contributed by atoms with Gasteiger partial charge in [-0.1, -0.05) is 36.4 Å². The smallest absolute Gasteiger partial charge is 0.253 e. The lowest BCUT2D eigenvalue weighted by molar-refractivity contribution is 0.312. The first-order chi connectivity index (χ1) is 13.4. The standard InChI is InChI=1S/C20H20N2O5S/c21-17-18(20(24)19(17)23)22-11-6-12-27-16-10-5-4-7-14(16)13-28(25,26)15-8-2-1-3-9-15/h1-5,7-10,22H,6,11-13,21H2. The summed E-state index contributed by atoms with van der Waals surface area (Å²) in [6.07, 6.45) is 0.540. The number of benzene rings is 2. The zero-order valence-corrected chi connectivity index (χ0v) is 15.9. The molecule has 0 atom stereocenters. The quantitative estimate of drug-likeness (QED) is 0.415. The van der Waals surface area contributed by atoms with Crippen LogP contribution in [-0.2, 0) is 15.6 Å². The molecule has 146 valence electrons. The summed E-state index contributed by atoms with van der Waals surface area (Å²) in [5.74, 6) is 0.335. The Balaban J connectivity index is 1.57. The molecule has 28 heavy (non-hydrogen) atoms. The molecule has 0 spiro atoms. The van der Waals surface area contributed by atoms with Crippen molar-refractivity contribution >= 4 is 21.2 Å². The van der Waals surface area contributed by atoms with E-state index in [1.54, 1.807) is 54.6 Å². The highest BCUT2D eigenvalue weighted by Gasteiger charge is 2.18. The highest BCUT2D eigenvalue weighted by atomic mass is 32.2. The van der Waals surface area contributed by atoms with E-state index in [1.165, 1.54) is 0 Å². The third-order valence-corrected chi connectivity index (χ3v) is 5.93. The number of ether oxygens (including phenoxy) is 1. The van der Waals surface area contributed by atoms with E-state index in [4.69, 9.17) is 10.5 Å². The minimum absolute atomic E-state index is 0.0395. The maximum atomic E-state index is 12.6. The average Bonchev–Trinajstić information content (AvgIpc) is 2.71. The molecule has 0 saturated carbocycles. The van der Waals surface area contributed by atoms with Crippen molar-refractivity contribution in [2.75, 3.05) is 24.2 Å². The number of sulfone groups is 1. The maximum Gasteiger partial charge on any atom is 0.253 e. The van der Waals surface area contributed by atoms with Gasteiger partial charge < -0.3 is 15.8 Å². The van der Waals surface area contributed by atoms with E-state index < -0.39 is 20.7 Å². The van der Waals surface area contributed by atoms with E-state index in [9.17, 15) is 18.0 Å². The van der Waals surface area contributed by atoms with Crippen LogP contribution in [-0.4, -0.2) is 21.6 Å². The predicted octanol–water partition coefficient (Wildman–Crippen LogP) is 1.72. The molecule has 0 saturated heterocycles. The van der Waals surface area contributed by atoms with E-state index in [0.717, 1.165) is 0 Å². The Hall–Kier alpha value is -3.13. The van der Waals surface area contributed by atoms with Crippen LogP contribution in [0.1, 0.15) is 12.0 Å². The Labute approximate surface area is 162 Å². The summed E-state index contributed by atoms with van der Waals surface area (Å²) in [6.45, 7) is 0.713. The molecule has 0 unspecified atom stereocenters. The molecule has 0 fully saturated rings. The van der Waals surface area contributed by atoms with E-state index in [1.807, 2.05) is 0 Å². The summed E-state index contributed by atoms with van der Waals surface area (Å²) in [5.41, 5.74) is 4.87. The maximum absolute atomic E-state index is 12.6. The van der Waals surface area contributed by atoms with Crippen LogP contribution >= 0.6 is 0 Å². The van der Waals surface area contributed by atoms with E-state index in [2.05, 4.69) is 5.32 Å². The van der Waals surface area contributed by atoms with Crippen LogP contribution in [0.15, 0.2) is 69.1 Å². The number of para-hydroxylation sites is 1. The van der Waals surface area contributed by atoms with Crippen molar-refractivity contribution in [3.8, 4) is 5.75 Å². The zero-order chi connectivity index (χ0) is 20.1. The number of hydrogen-bond acceptors (Lipinski definition) is 7. The summed E-state index contributed by atoms with van der Waals surface area (Å²) >= 11 is 0. The fraction of sp³-hybridized carbons (Fsp3) is 0.200. The molecule has 0 aromatic heterocycles. The van der Waals surface area contributed by atoms with Gasteiger partial charge in [-0.25, -0.2) is 8.42 Å². The normalized spacial score (nSPS) is 11.4.